The number of aromatic nitrogens is 2. The first-order chi connectivity index (χ1) is 9.01. The summed E-state index contributed by atoms with van der Waals surface area (Å²) in [5.74, 6) is -0.0499. The van der Waals surface area contributed by atoms with Gasteiger partial charge in [0.15, 0.2) is 0 Å². The molecular weight excluding hydrogens is 252 g/mol. The van der Waals surface area contributed by atoms with Crippen molar-refractivity contribution in [3.63, 3.8) is 0 Å². The van der Waals surface area contributed by atoms with Crippen molar-refractivity contribution in [2.45, 2.75) is 53.6 Å². The van der Waals surface area contributed by atoms with Crippen LogP contribution in [-0.4, -0.2) is 27.8 Å². The molecular formula is C15H26N4O. The maximum absolute atomic E-state index is 12.6. The third-order valence-corrected chi connectivity index (χ3v) is 5.10. The van der Waals surface area contributed by atoms with E-state index in [1.165, 1.54) is 0 Å². The summed E-state index contributed by atoms with van der Waals surface area (Å²) in [5, 5.41) is 7.47. The van der Waals surface area contributed by atoms with E-state index in [4.69, 9.17) is 5.73 Å². The van der Waals surface area contributed by atoms with E-state index in [9.17, 15) is 4.79 Å². The number of aryl methyl sites for hydroxylation is 2. The molecule has 0 unspecified atom stereocenters. The van der Waals surface area contributed by atoms with Crippen LogP contribution in [0.15, 0.2) is 0 Å². The molecule has 3 N–H and O–H groups in total. The van der Waals surface area contributed by atoms with E-state index >= 15 is 0 Å². The van der Waals surface area contributed by atoms with Crippen LogP contribution in [0.25, 0.3) is 0 Å². The molecule has 5 heteroatoms. The number of hydrogen-bond donors (Lipinski definition) is 2. The van der Waals surface area contributed by atoms with Crippen molar-refractivity contribution >= 4 is 5.91 Å². The number of amides is 1. The molecule has 1 aliphatic carbocycles. The van der Waals surface area contributed by atoms with Crippen molar-refractivity contribution in [3.05, 3.63) is 17.0 Å². The molecule has 1 heterocycles. The van der Waals surface area contributed by atoms with Gasteiger partial charge in [0.2, 0.25) is 0 Å². The van der Waals surface area contributed by atoms with E-state index in [1.807, 2.05) is 20.9 Å². The van der Waals surface area contributed by atoms with E-state index in [0.29, 0.717) is 5.56 Å². The second-order valence-electron chi connectivity index (χ2n) is 7.20. The van der Waals surface area contributed by atoms with Crippen LogP contribution in [0, 0.1) is 24.7 Å². The Kier molecular flexibility index (Phi) is 3.25. The summed E-state index contributed by atoms with van der Waals surface area (Å²) in [6.07, 6.45) is 0. The number of rotatable bonds is 2. The highest BCUT2D eigenvalue weighted by Gasteiger charge is 2.60. The van der Waals surface area contributed by atoms with Gasteiger partial charge in [-0.15, -0.1) is 0 Å². The van der Waals surface area contributed by atoms with Crippen molar-refractivity contribution in [2.75, 3.05) is 0 Å². The average Bonchev–Trinajstić information content (AvgIpc) is 2.58. The maximum atomic E-state index is 12.6. The zero-order valence-electron chi connectivity index (χ0n) is 13.5. The Balaban J connectivity index is 2.25. The molecule has 1 aliphatic rings. The Morgan fingerprint density at radius 3 is 2.15 bits per heavy atom. The van der Waals surface area contributed by atoms with Gasteiger partial charge < -0.3 is 11.1 Å². The smallest absolute Gasteiger partial charge is 0.255 e. The number of nitrogens with two attached hydrogens (primary N) is 1. The first-order valence-corrected chi connectivity index (χ1v) is 7.08. The Morgan fingerprint density at radius 2 is 1.75 bits per heavy atom. The molecule has 0 bridgehead atoms. The van der Waals surface area contributed by atoms with Crippen LogP contribution in [0.4, 0.5) is 0 Å². The highest BCUT2D eigenvalue weighted by Crippen LogP contribution is 2.52. The third kappa shape index (κ3) is 1.87. The Labute approximate surface area is 120 Å². The molecule has 1 aromatic rings. The fourth-order valence-corrected chi connectivity index (χ4v) is 3.86. The van der Waals surface area contributed by atoms with Crippen LogP contribution in [0.1, 0.15) is 49.4 Å². The molecule has 0 saturated heterocycles. The van der Waals surface area contributed by atoms with E-state index in [0.717, 1.165) is 11.4 Å². The van der Waals surface area contributed by atoms with Gasteiger partial charge in [-0.3, -0.25) is 9.48 Å². The molecule has 0 spiro atoms. The normalized spacial score (nSPS) is 27.0. The van der Waals surface area contributed by atoms with Gasteiger partial charge >= 0.3 is 0 Å². The third-order valence-electron chi connectivity index (χ3n) is 5.10. The molecule has 112 valence electrons. The van der Waals surface area contributed by atoms with E-state index in [-0.39, 0.29) is 28.8 Å². The van der Waals surface area contributed by atoms with Crippen LogP contribution in [0.2, 0.25) is 0 Å². The Bertz CT molecular complexity index is 540. The monoisotopic (exact) mass is 278 g/mol. The second-order valence-corrected chi connectivity index (χ2v) is 7.20. The number of carbonyl (C=O) groups is 1. The average molecular weight is 278 g/mol. The highest BCUT2D eigenvalue weighted by atomic mass is 16.1. The quantitative estimate of drug-likeness (QED) is 0.861. The fourth-order valence-electron chi connectivity index (χ4n) is 3.86. The Morgan fingerprint density at radius 1 is 1.25 bits per heavy atom. The van der Waals surface area contributed by atoms with Gasteiger partial charge in [0, 0.05) is 35.7 Å². The van der Waals surface area contributed by atoms with Gasteiger partial charge in [-0.05, 0) is 13.8 Å². The van der Waals surface area contributed by atoms with E-state index < -0.39 is 0 Å². The zero-order valence-corrected chi connectivity index (χ0v) is 13.5. The molecule has 2 rings (SSSR count). The summed E-state index contributed by atoms with van der Waals surface area (Å²) in [6.45, 7) is 12.2. The Hall–Kier alpha value is -1.36. The van der Waals surface area contributed by atoms with Crippen molar-refractivity contribution in [1.29, 1.82) is 0 Å². The van der Waals surface area contributed by atoms with Crippen LogP contribution in [0.5, 0.6) is 0 Å². The lowest BCUT2D eigenvalue weighted by Crippen LogP contribution is -2.76. The van der Waals surface area contributed by atoms with Crippen LogP contribution >= 0.6 is 0 Å². The topological polar surface area (TPSA) is 72.9 Å². The lowest BCUT2D eigenvalue weighted by atomic mass is 9.48. The van der Waals surface area contributed by atoms with Crippen molar-refractivity contribution < 1.29 is 4.79 Å². The summed E-state index contributed by atoms with van der Waals surface area (Å²) in [4.78, 5) is 12.6. The predicted octanol–water partition coefficient (Wildman–Crippen LogP) is 1.53. The fraction of sp³-hybridized carbons (Fsp3) is 0.733. The highest BCUT2D eigenvalue weighted by molar-refractivity contribution is 5.96. The molecule has 20 heavy (non-hydrogen) atoms. The number of hydrogen-bond acceptors (Lipinski definition) is 3. The maximum Gasteiger partial charge on any atom is 0.255 e. The van der Waals surface area contributed by atoms with Crippen LogP contribution in [0.3, 0.4) is 0 Å². The van der Waals surface area contributed by atoms with Crippen molar-refractivity contribution in [1.82, 2.24) is 15.1 Å². The first kappa shape index (κ1) is 15.0. The summed E-state index contributed by atoms with van der Waals surface area (Å²) in [6, 6.07) is 0.146. The van der Waals surface area contributed by atoms with Gasteiger partial charge in [0.1, 0.15) is 0 Å². The minimum atomic E-state index is -0.0941. The number of carbonyl (C=O) groups excluding carboxylic acids is 1. The predicted molar refractivity (Wildman–Crippen MR) is 79.5 cm³/mol. The van der Waals surface area contributed by atoms with E-state index in [2.05, 4.69) is 38.1 Å². The van der Waals surface area contributed by atoms with Gasteiger partial charge in [0.05, 0.1) is 11.3 Å². The van der Waals surface area contributed by atoms with Crippen LogP contribution in [-0.2, 0) is 7.05 Å². The summed E-state index contributed by atoms with van der Waals surface area (Å²) < 4.78 is 1.74. The van der Waals surface area contributed by atoms with Gasteiger partial charge in [-0.2, -0.15) is 5.10 Å². The SMILES string of the molecule is Cc1nn(C)c(C)c1C(=O)NC1C(C)(C)C(N)C1(C)C. The van der Waals surface area contributed by atoms with E-state index in [1.54, 1.807) is 4.68 Å². The van der Waals surface area contributed by atoms with Gasteiger partial charge in [-0.25, -0.2) is 0 Å². The minimum Gasteiger partial charge on any atom is -0.348 e. The van der Waals surface area contributed by atoms with Crippen LogP contribution < -0.4 is 11.1 Å². The minimum absolute atomic E-state index is 0.0499. The molecule has 0 radical (unpaired) electrons. The molecule has 1 aromatic heterocycles. The first-order valence-electron chi connectivity index (χ1n) is 7.08. The molecule has 1 amide bonds. The zero-order chi connectivity index (χ0) is 15.5. The summed E-state index contributed by atoms with van der Waals surface area (Å²) >= 11 is 0. The molecule has 0 aromatic carbocycles. The lowest BCUT2D eigenvalue weighted by molar-refractivity contribution is -0.0663. The summed E-state index contributed by atoms with van der Waals surface area (Å²) in [5.41, 5.74) is 8.38. The number of nitrogens with zero attached hydrogens (tertiary/aromatic N) is 2. The molecule has 0 atom stereocenters. The van der Waals surface area contributed by atoms with Crippen molar-refractivity contribution in [3.8, 4) is 0 Å². The largest absolute Gasteiger partial charge is 0.348 e. The lowest BCUT2D eigenvalue weighted by Gasteiger charge is -2.62. The number of nitrogens with one attached hydrogen (secondary N) is 1. The molecule has 1 fully saturated rings. The van der Waals surface area contributed by atoms with Gasteiger partial charge in [-0.1, -0.05) is 27.7 Å². The molecule has 0 aliphatic heterocycles. The van der Waals surface area contributed by atoms with Gasteiger partial charge in [0.25, 0.3) is 5.91 Å². The standard InChI is InChI=1S/C15H26N4O/c1-8-10(9(2)19(7)18-8)11(20)17-13-14(3,4)12(16)15(13,5)6/h12-13H,16H2,1-7H3,(H,17,20). The summed E-state index contributed by atoms with van der Waals surface area (Å²) in [7, 11) is 1.85. The second kappa shape index (κ2) is 4.32. The van der Waals surface area contributed by atoms with Crippen molar-refractivity contribution in [2.24, 2.45) is 23.6 Å². The molecule has 5 nitrogen and oxygen atoms in total. The molecule has 1 saturated carbocycles.